The second-order valence-electron chi connectivity index (χ2n) is 3.07. The molecule has 4 heteroatoms. The van der Waals surface area contributed by atoms with Crippen molar-refractivity contribution in [2.45, 2.75) is 13.3 Å². The quantitative estimate of drug-likeness (QED) is 0.589. The highest BCUT2D eigenvalue weighted by atomic mass is 16.3. The molecule has 0 unspecified atom stereocenters. The van der Waals surface area contributed by atoms with Gasteiger partial charge in [0.25, 0.3) is 0 Å². The fourth-order valence-corrected chi connectivity index (χ4v) is 0.977. The van der Waals surface area contributed by atoms with Gasteiger partial charge in [0.15, 0.2) is 5.76 Å². The molecule has 2 rings (SSSR count). The first kappa shape index (κ1) is 12.0. The van der Waals surface area contributed by atoms with Crippen LogP contribution in [0.25, 0.3) is 0 Å². The van der Waals surface area contributed by atoms with Crippen molar-refractivity contribution >= 4 is 11.6 Å². The van der Waals surface area contributed by atoms with E-state index in [1.54, 1.807) is 24.7 Å². The molecule has 0 aliphatic heterocycles. The van der Waals surface area contributed by atoms with Gasteiger partial charge in [0, 0.05) is 0 Å². The first-order chi connectivity index (χ1) is 7.70. The van der Waals surface area contributed by atoms with Crippen LogP contribution in [0.2, 0.25) is 0 Å². The normalized spacial score (nSPS) is 9.06. The lowest BCUT2D eigenvalue weighted by molar-refractivity contribution is -0.116. The summed E-state index contributed by atoms with van der Waals surface area (Å²) in [6.07, 6.45) is 4.58. The lowest BCUT2D eigenvalue weighted by atomic mass is 10.2. The van der Waals surface area contributed by atoms with Gasteiger partial charge in [-0.25, -0.2) is 0 Å². The summed E-state index contributed by atoms with van der Waals surface area (Å²) < 4.78 is 9.38. The molecule has 0 radical (unpaired) electrons. The monoisotopic (exact) mass is 220 g/mol. The van der Waals surface area contributed by atoms with E-state index in [4.69, 9.17) is 4.42 Å². The van der Waals surface area contributed by atoms with Gasteiger partial charge in [0.05, 0.1) is 25.2 Å². The van der Waals surface area contributed by atoms with Gasteiger partial charge < -0.3 is 8.83 Å². The number of carbonyl (C=O) groups is 2. The number of carbonyl (C=O) groups excluding carboxylic acids is 2. The van der Waals surface area contributed by atoms with Crippen molar-refractivity contribution in [3.05, 3.63) is 48.8 Å². The molecule has 0 spiro atoms. The maximum absolute atomic E-state index is 11.0. The number of hydrogen-bond acceptors (Lipinski definition) is 4. The Morgan fingerprint density at radius 1 is 1.12 bits per heavy atom. The van der Waals surface area contributed by atoms with E-state index < -0.39 is 0 Å². The van der Waals surface area contributed by atoms with Crippen LogP contribution in [0.3, 0.4) is 0 Å². The number of hydrogen-bond donors (Lipinski definition) is 0. The third-order valence-electron chi connectivity index (χ3n) is 1.63. The van der Waals surface area contributed by atoms with E-state index in [2.05, 4.69) is 4.42 Å². The van der Waals surface area contributed by atoms with E-state index in [0.29, 0.717) is 0 Å². The minimum atomic E-state index is -0.262. The Morgan fingerprint density at radius 2 is 1.81 bits per heavy atom. The molecular formula is C12H12O4. The van der Waals surface area contributed by atoms with E-state index in [1.807, 2.05) is 12.1 Å². The molecule has 0 saturated carbocycles. The smallest absolute Gasteiger partial charge is 0.205 e. The Morgan fingerprint density at radius 3 is 2.19 bits per heavy atom. The highest BCUT2D eigenvalue weighted by Gasteiger charge is 2.09. The maximum atomic E-state index is 11.0. The molecule has 0 bridgehead atoms. The zero-order chi connectivity index (χ0) is 11.8. The number of rotatable bonds is 3. The van der Waals surface area contributed by atoms with Gasteiger partial charge in [-0.05, 0) is 31.2 Å². The fraction of sp³-hybridized carbons (Fsp3) is 0.167. The average Bonchev–Trinajstić information content (AvgIpc) is 2.94. The topological polar surface area (TPSA) is 60.4 Å². The number of furan rings is 2. The van der Waals surface area contributed by atoms with Crippen LogP contribution in [-0.4, -0.2) is 11.6 Å². The van der Waals surface area contributed by atoms with E-state index >= 15 is 0 Å². The Kier molecular flexibility index (Phi) is 4.79. The van der Waals surface area contributed by atoms with Gasteiger partial charge in [0.2, 0.25) is 5.78 Å². The first-order valence-electron chi connectivity index (χ1n) is 4.73. The summed E-state index contributed by atoms with van der Waals surface area (Å²) in [6, 6.07) is 6.83. The second-order valence-corrected chi connectivity index (χ2v) is 3.07. The molecular weight excluding hydrogens is 208 g/mol. The van der Waals surface area contributed by atoms with Crippen molar-refractivity contribution < 1.29 is 18.4 Å². The van der Waals surface area contributed by atoms with Crippen molar-refractivity contribution in [1.82, 2.24) is 0 Å². The van der Waals surface area contributed by atoms with Crippen LogP contribution < -0.4 is 0 Å². The lowest BCUT2D eigenvalue weighted by Gasteiger charge is -1.90. The molecule has 0 aliphatic rings. The van der Waals surface area contributed by atoms with Gasteiger partial charge in [-0.2, -0.15) is 0 Å². The molecule has 2 aromatic rings. The Bertz CT molecular complexity index is 395. The molecule has 16 heavy (non-hydrogen) atoms. The Hall–Kier alpha value is -2.10. The summed E-state index contributed by atoms with van der Waals surface area (Å²) in [4.78, 5) is 21.5. The lowest BCUT2D eigenvalue weighted by Crippen LogP contribution is -2.03. The molecule has 0 aliphatic carbocycles. The molecule has 0 fully saturated rings. The molecule has 2 heterocycles. The first-order valence-corrected chi connectivity index (χ1v) is 4.73. The van der Waals surface area contributed by atoms with E-state index in [-0.39, 0.29) is 23.7 Å². The summed E-state index contributed by atoms with van der Waals surface area (Å²) in [5, 5.41) is 0. The second kappa shape index (κ2) is 6.40. The summed E-state index contributed by atoms with van der Waals surface area (Å²) in [7, 11) is 0. The molecule has 0 saturated heterocycles. The predicted octanol–water partition coefficient (Wildman–Crippen LogP) is 2.72. The minimum Gasteiger partial charge on any atom is -0.473 e. The molecule has 0 atom stereocenters. The van der Waals surface area contributed by atoms with Crippen molar-refractivity contribution in [3.8, 4) is 0 Å². The Labute approximate surface area is 92.9 Å². The molecule has 4 nitrogen and oxygen atoms in total. The van der Waals surface area contributed by atoms with E-state index in [9.17, 15) is 9.59 Å². The maximum Gasteiger partial charge on any atom is 0.205 e. The highest BCUT2D eigenvalue weighted by molar-refractivity contribution is 6.05. The SMILES string of the molecule is CC(=O)CC(=O)c1ccco1.c1ccoc1. The predicted molar refractivity (Wildman–Crippen MR) is 57.0 cm³/mol. The van der Waals surface area contributed by atoms with Crippen LogP contribution in [0.5, 0.6) is 0 Å². The third kappa shape index (κ3) is 4.41. The number of Topliss-reactive ketones (excluding diaryl/α,β-unsaturated/α-hetero) is 2. The average molecular weight is 220 g/mol. The van der Waals surface area contributed by atoms with Crippen molar-refractivity contribution in [2.24, 2.45) is 0 Å². The molecule has 0 N–H and O–H groups in total. The highest BCUT2D eigenvalue weighted by Crippen LogP contribution is 2.03. The zero-order valence-corrected chi connectivity index (χ0v) is 8.88. The Balaban J connectivity index is 0.000000212. The standard InChI is InChI=1S/C8H8O3.C4H4O/c1-6(9)5-7(10)8-3-2-4-11-8;1-2-4-5-3-1/h2-4H,5H2,1H3;1-4H. The minimum absolute atomic E-state index is 0.0759. The molecule has 2 aromatic heterocycles. The fourth-order valence-electron chi connectivity index (χ4n) is 0.977. The van der Waals surface area contributed by atoms with E-state index in [0.717, 1.165) is 0 Å². The third-order valence-corrected chi connectivity index (χ3v) is 1.63. The van der Waals surface area contributed by atoms with Crippen molar-refractivity contribution in [1.29, 1.82) is 0 Å². The molecule has 0 aromatic carbocycles. The summed E-state index contributed by atoms with van der Waals surface area (Å²) in [6.45, 7) is 1.38. The zero-order valence-electron chi connectivity index (χ0n) is 8.88. The van der Waals surface area contributed by atoms with Crippen molar-refractivity contribution in [2.75, 3.05) is 0 Å². The van der Waals surface area contributed by atoms with Gasteiger partial charge in [-0.15, -0.1) is 0 Å². The van der Waals surface area contributed by atoms with Crippen molar-refractivity contribution in [3.63, 3.8) is 0 Å². The van der Waals surface area contributed by atoms with Crippen LogP contribution >= 0.6 is 0 Å². The molecule has 0 amide bonds. The molecule has 84 valence electrons. The van der Waals surface area contributed by atoms with Crippen LogP contribution in [0.15, 0.2) is 51.9 Å². The van der Waals surface area contributed by atoms with Crippen LogP contribution in [0, 0.1) is 0 Å². The summed E-state index contributed by atoms with van der Waals surface area (Å²) in [5.41, 5.74) is 0. The van der Waals surface area contributed by atoms with Crippen LogP contribution in [-0.2, 0) is 4.79 Å². The van der Waals surface area contributed by atoms with Crippen LogP contribution in [0.1, 0.15) is 23.9 Å². The summed E-state index contributed by atoms with van der Waals surface area (Å²) >= 11 is 0. The van der Waals surface area contributed by atoms with E-state index in [1.165, 1.54) is 13.2 Å². The van der Waals surface area contributed by atoms with Crippen LogP contribution in [0.4, 0.5) is 0 Å². The van der Waals surface area contributed by atoms with Gasteiger partial charge in [-0.3, -0.25) is 9.59 Å². The van der Waals surface area contributed by atoms with Gasteiger partial charge in [-0.1, -0.05) is 0 Å². The largest absolute Gasteiger partial charge is 0.473 e. The summed E-state index contributed by atoms with van der Waals surface area (Å²) in [5.74, 6) is -0.158. The number of ketones is 2. The van der Waals surface area contributed by atoms with Gasteiger partial charge >= 0.3 is 0 Å². The van der Waals surface area contributed by atoms with Gasteiger partial charge in [0.1, 0.15) is 5.78 Å².